The van der Waals surface area contributed by atoms with Crippen molar-refractivity contribution in [3.8, 4) is 0 Å². The Kier molecular flexibility index (Phi) is 2.46. The minimum absolute atomic E-state index is 0.0209. The molecule has 0 aliphatic carbocycles. The summed E-state index contributed by atoms with van der Waals surface area (Å²) < 4.78 is 24.9. The summed E-state index contributed by atoms with van der Waals surface area (Å²) in [7, 11) is -4.03. The van der Waals surface area contributed by atoms with Crippen LogP contribution < -0.4 is 11.2 Å². The smallest absolute Gasteiger partial charge is 0.310 e. The van der Waals surface area contributed by atoms with Crippen molar-refractivity contribution in [1.82, 2.24) is 18.9 Å². The van der Waals surface area contributed by atoms with E-state index in [1.54, 1.807) is 0 Å². The zero-order valence-corrected chi connectivity index (χ0v) is 9.48. The van der Waals surface area contributed by atoms with E-state index in [0.717, 1.165) is 10.3 Å². The molecule has 2 N–H and O–H groups in total. The lowest BCUT2D eigenvalue weighted by Crippen LogP contribution is -2.31. The van der Waals surface area contributed by atoms with Crippen LogP contribution in [0.4, 0.5) is 0 Å². The van der Waals surface area contributed by atoms with Gasteiger partial charge in [0.2, 0.25) is 0 Å². The lowest BCUT2D eigenvalue weighted by molar-refractivity contribution is 0.583. The topological polar surface area (TPSA) is 118 Å². The second-order valence-corrected chi connectivity index (χ2v) is 5.04. The second kappa shape index (κ2) is 3.70. The lowest BCUT2D eigenvalue weighted by atomic mass is 10.4. The van der Waals surface area contributed by atoms with E-state index in [2.05, 4.69) is 9.97 Å². The van der Waals surface area contributed by atoms with Gasteiger partial charge in [0.15, 0.2) is 4.90 Å². The maximum Gasteiger partial charge on any atom is 0.325 e. The predicted octanol–water partition coefficient (Wildman–Crippen LogP) is -1.19. The predicted molar refractivity (Wildman–Crippen MR) is 57.2 cm³/mol. The lowest BCUT2D eigenvalue weighted by Gasteiger charge is -2.05. The first-order chi connectivity index (χ1) is 7.93. The van der Waals surface area contributed by atoms with Gasteiger partial charge in [-0.05, 0) is 6.92 Å². The van der Waals surface area contributed by atoms with Crippen LogP contribution in [0.2, 0.25) is 0 Å². The number of aromatic nitrogens is 4. The highest BCUT2D eigenvalue weighted by molar-refractivity contribution is 7.90. The van der Waals surface area contributed by atoms with Gasteiger partial charge in [-0.15, -0.1) is 0 Å². The average molecular weight is 256 g/mol. The van der Waals surface area contributed by atoms with Gasteiger partial charge in [-0.1, -0.05) is 0 Å². The highest BCUT2D eigenvalue weighted by Gasteiger charge is 2.23. The maximum absolute atomic E-state index is 12.0. The summed E-state index contributed by atoms with van der Waals surface area (Å²) in [5.41, 5.74) is -1.73. The second-order valence-electron chi connectivity index (χ2n) is 3.26. The standard InChI is InChI=1S/C8H8N4O4S/c1-5-6(7(13)11-8(14)10-5)17(15,16)12-3-2-9-4-12/h2-4H,1H3,(H2,10,11,13,14). The number of hydrogen-bond donors (Lipinski definition) is 2. The highest BCUT2D eigenvalue weighted by atomic mass is 32.2. The molecule has 0 aliphatic heterocycles. The van der Waals surface area contributed by atoms with Gasteiger partial charge in [-0.3, -0.25) is 9.78 Å². The van der Waals surface area contributed by atoms with Crippen molar-refractivity contribution in [1.29, 1.82) is 0 Å². The Morgan fingerprint density at radius 3 is 2.53 bits per heavy atom. The zero-order valence-electron chi connectivity index (χ0n) is 8.67. The van der Waals surface area contributed by atoms with Crippen LogP contribution in [0.5, 0.6) is 0 Å². The summed E-state index contributed by atoms with van der Waals surface area (Å²) in [6, 6.07) is 0. The SMILES string of the molecule is Cc1[nH]c(=O)[nH]c(=O)c1S(=O)(=O)n1ccnc1. The Morgan fingerprint density at radius 1 is 1.29 bits per heavy atom. The molecule has 0 unspecified atom stereocenters. The molecular formula is C8H8N4O4S. The molecule has 0 spiro atoms. The Bertz CT molecular complexity index is 754. The van der Waals surface area contributed by atoms with Crippen LogP contribution in [0, 0.1) is 6.92 Å². The van der Waals surface area contributed by atoms with Crippen LogP contribution >= 0.6 is 0 Å². The zero-order chi connectivity index (χ0) is 12.6. The molecular weight excluding hydrogens is 248 g/mol. The van der Waals surface area contributed by atoms with E-state index in [-0.39, 0.29) is 5.69 Å². The monoisotopic (exact) mass is 256 g/mol. The van der Waals surface area contributed by atoms with Crippen molar-refractivity contribution in [2.75, 3.05) is 0 Å². The number of nitrogens with one attached hydrogen (secondary N) is 2. The summed E-state index contributed by atoms with van der Waals surface area (Å²) in [5, 5.41) is 0. The number of nitrogens with zero attached hydrogens (tertiary/aromatic N) is 2. The summed E-state index contributed by atoms with van der Waals surface area (Å²) in [6.07, 6.45) is 3.52. The highest BCUT2D eigenvalue weighted by Crippen LogP contribution is 2.09. The van der Waals surface area contributed by atoms with Crippen LogP contribution in [0.15, 0.2) is 33.2 Å². The molecule has 0 amide bonds. The molecule has 0 radical (unpaired) electrons. The molecule has 0 fully saturated rings. The van der Waals surface area contributed by atoms with E-state index in [9.17, 15) is 18.0 Å². The molecule has 2 aromatic heterocycles. The van der Waals surface area contributed by atoms with Crippen LogP contribution in [0.25, 0.3) is 0 Å². The Labute approximate surface area is 95.0 Å². The van der Waals surface area contributed by atoms with Crippen molar-refractivity contribution in [3.05, 3.63) is 45.3 Å². The average Bonchev–Trinajstić information content (AvgIpc) is 2.67. The molecule has 0 bridgehead atoms. The van der Waals surface area contributed by atoms with E-state index in [4.69, 9.17) is 0 Å². The number of H-pyrrole nitrogens is 2. The van der Waals surface area contributed by atoms with E-state index in [1.807, 2.05) is 4.98 Å². The Morgan fingerprint density at radius 2 is 2.00 bits per heavy atom. The van der Waals surface area contributed by atoms with Gasteiger partial charge < -0.3 is 4.98 Å². The van der Waals surface area contributed by atoms with Gasteiger partial charge >= 0.3 is 5.69 Å². The molecule has 0 aliphatic rings. The first-order valence-corrected chi connectivity index (χ1v) is 5.93. The molecule has 90 valence electrons. The quantitative estimate of drug-likeness (QED) is 0.700. The van der Waals surface area contributed by atoms with Crippen LogP contribution in [-0.4, -0.2) is 27.3 Å². The number of aromatic amines is 2. The normalized spacial score (nSPS) is 11.6. The molecule has 0 saturated carbocycles. The first-order valence-electron chi connectivity index (χ1n) is 4.49. The number of imidazole rings is 1. The van der Waals surface area contributed by atoms with Crippen LogP contribution in [0.1, 0.15) is 5.69 Å². The van der Waals surface area contributed by atoms with Gasteiger partial charge in [-0.25, -0.2) is 22.2 Å². The summed E-state index contributed by atoms with van der Waals surface area (Å²) in [5.74, 6) is 0. The molecule has 17 heavy (non-hydrogen) atoms. The molecule has 8 nitrogen and oxygen atoms in total. The fourth-order valence-electron chi connectivity index (χ4n) is 1.39. The van der Waals surface area contributed by atoms with Crippen LogP contribution in [0.3, 0.4) is 0 Å². The van der Waals surface area contributed by atoms with Crippen LogP contribution in [-0.2, 0) is 10.0 Å². The van der Waals surface area contributed by atoms with Crippen molar-refractivity contribution in [2.45, 2.75) is 11.8 Å². The fourth-order valence-corrected chi connectivity index (χ4v) is 2.72. The van der Waals surface area contributed by atoms with Gasteiger partial charge in [-0.2, -0.15) is 0 Å². The summed E-state index contributed by atoms with van der Waals surface area (Å²) in [6.45, 7) is 1.33. The Balaban J connectivity index is 2.80. The minimum Gasteiger partial charge on any atom is -0.310 e. The molecule has 0 saturated heterocycles. The van der Waals surface area contributed by atoms with E-state index in [1.165, 1.54) is 19.3 Å². The van der Waals surface area contributed by atoms with E-state index in [0.29, 0.717) is 0 Å². The van der Waals surface area contributed by atoms with Gasteiger partial charge in [0, 0.05) is 18.1 Å². The molecule has 2 aromatic rings. The first kappa shape index (κ1) is 11.3. The number of aryl methyl sites for hydroxylation is 1. The summed E-state index contributed by atoms with van der Waals surface area (Å²) in [4.78, 5) is 29.6. The molecule has 9 heteroatoms. The third-order valence-corrected chi connectivity index (χ3v) is 3.87. The van der Waals surface area contributed by atoms with E-state index >= 15 is 0 Å². The van der Waals surface area contributed by atoms with Gasteiger partial charge in [0.25, 0.3) is 15.6 Å². The molecule has 2 rings (SSSR count). The third-order valence-electron chi connectivity index (χ3n) is 2.09. The molecule has 0 aromatic carbocycles. The number of rotatable bonds is 2. The summed E-state index contributed by atoms with van der Waals surface area (Å²) >= 11 is 0. The van der Waals surface area contributed by atoms with Crippen molar-refractivity contribution >= 4 is 10.0 Å². The largest absolute Gasteiger partial charge is 0.325 e. The van der Waals surface area contributed by atoms with E-state index < -0.39 is 26.2 Å². The van der Waals surface area contributed by atoms with Crippen molar-refractivity contribution in [2.24, 2.45) is 0 Å². The fraction of sp³-hybridized carbons (Fsp3) is 0.125. The molecule has 2 heterocycles. The maximum atomic E-state index is 12.0. The van der Waals surface area contributed by atoms with Crippen molar-refractivity contribution < 1.29 is 8.42 Å². The van der Waals surface area contributed by atoms with Crippen molar-refractivity contribution in [3.63, 3.8) is 0 Å². The third kappa shape index (κ3) is 1.80. The van der Waals surface area contributed by atoms with Gasteiger partial charge in [0.1, 0.15) is 6.33 Å². The Hall–Kier alpha value is -2.16. The minimum atomic E-state index is -4.03. The number of hydrogen-bond acceptors (Lipinski definition) is 5. The van der Waals surface area contributed by atoms with Gasteiger partial charge in [0.05, 0.1) is 0 Å². The molecule has 0 atom stereocenters.